The van der Waals surface area contributed by atoms with Gasteiger partial charge < -0.3 is 100 Å². The first-order valence-electron chi connectivity index (χ1n) is 46.5. The van der Waals surface area contributed by atoms with Crippen molar-refractivity contribution < 1.29 is 86.6 Å². The Kier molecular flexibility index (Phi) is 47.6. The van der Waals surface area contributed by atoms with Crippen LogP contribution in [0.4, 0.5) is 9.59 Å². The normalized spacial score (nSPS) is 14.6. The second kappa shape index (κ2) is 54.7. The van der Waals surface area contributed by atoms with E-state index >= 15 is 0 Å². The molecule has 0 aliphatic rings. The predicted molar refractivity (Wildman–Crippen MR) is 506 cm³/mol. The van der Waals surface area contributed by atoms with E-state index in [1.807, 2.05) is 74.5 Å². The number of aliphatic hydroxyl groups excluding tert-OH is 1. The number of hydrogen-bond acceptors (Lipinski definition) is 18. The van der Waals surface area contributed by atoms with Gasteiger partial charge in [-0.25, -0.2) is 9.59 Å². The van der Waals surface area contributed by atoms with Crippen LogP contribution in [-0.4, -0.2) is 213 Å². The fourth-order valence-corrected chi connectivity index (χ4v) is 14.2. The highest BCUT2D eigenvalue weighted by atomic mass is 16.6. The molecule has 0 bridgehead atoms. The molecular formula is C97H157N17O18. The zero-order chi connectivity index (χ0) is 100. The zero-order valence-electron chi connectivity index (χ0n) is 82.6. The maximum atomic E-state index is 14.6. The van der Waals surface area contributed by atoms with Crippen molar-refractivity contribution in [2.24, 2.45) is 53.1 Å². The van der Waals surface area contributed by atoms with E-state index < -0.39 is 214 Å². The molecule has 738 valence electrons. The molecular weight excluding hydrogens is 1690 g/mol. The molecule has 35 heteroatoms. The lowest BCUT2D eigenvalue weighted by Gasteiger charge is -2.34. The first-order chi connectivity index (χ1) is 61.4. The maximum Gasteiger partial charge on any atom is 0.408 e. The lowest BCUT2D eigenvalue weighted by atomic mass is 9.94. The summed E-state index contributed by atoms with van der Waals surface area (Å²) in [4.78, 5) is 223. The molecule has 3 rings (SSSR count). The van der Waals surface area contributed by atoms with Crippen LogP contribution in [0.2, 0.25) is 0 Å². The number of alkyl carbamates (subject to hydrolysis) is 1. The average molecular weight is 1850 g/mol. The number of unbranched alkanes of at least 4 members (excludes halogenated alkanes) is 5. The van der Waals surface area contributed by atoms with Crippen molar-refractivity contribution in [1.82, 2.24) is 84.7 Å². The van der Waals surface area contributed by atoms with Gasteiger partial charge in [0.15, 0.2) is 0 Å². The van der Waals surface area contributed by atoms with Crippen molar-refractivity contribution in [3.63, 3.8) is 0 Å². The van der Waals surface area contributed by atoms with Crippen molar-refractivity contribution in [1.29, 1.82) is 0 Å². The largest absolute Gasteiger partial charge is 0.444 e. The summed E-state index contributed by atoms with van der Waals surface area (Å²) in [6.45, 7) is 40.9. The number of rotatable bonds is 55. The molecule has 3 aromatic rings. The standard InChI is InChI=1S/C97H157N17O18/c1-26-63(16)79(108-85(123)76(60(10)11)107-86(124)77(61(12)13)109-91(129)96(22,23)111-72(117)53-100-83(121)74(58(6)7)110-93(131)132-94(17,18)19)88(126)113-97(24,25)90(128)102-69(52-65-44-36-32-37-45-65)82(120)106-78(62(14)15)87(125)112-95(20,21)89(127)99-49-41-30-28-27-29-40-48-71(116)104-75(59(8)9)84(122)101-67(51-64-42-34-31-35-43-64)70(115)55-114(54-66-46-38-33-39-47-66)92(130)103-68(50-56(2)3)81(119)105-73(57(4)5)80(98)118/h31-39,42-47,56-63,67-70,73-79,115H,26-30,40-41,48-55H2,1-25H3,(H2,98,118)(H,99,127)(H,100,121)(H,101,122)(H,102,128)(H,103,130)(H,104,116)(H,105,119)(H,106,120)(H,107,124)(H,108,123)(H,109,129)(H,110,131)(H,111,117)(H,112,125)(H,113,126)/t63-,67-,68-,69-,70+,73-,74-,75-,76-,77-,78-,79-/m0/s1. The topological polar surface area (TPSA) is 512 Å². The van der Waals surface area contributed by atoms with Crippen LogP contribution in [0.5, 0.6) is 0 Å². The van der Waals surface area contributed by atoms with E-state index in [4.69, 9.17) is 10.5 Å². The van der Waals surface area contributed by atoms with Gasteiger partial charge in [0.25, 0.3) is 0 Å². The van der Waals surface area contributed by atoms with Crippen molar-refractivity contribution in [3.8, 4) is 0 Å². The van der Waals surface area contributed by atoms with Crippen LogP contribution in [0.25, 0.3) is 0 Å². The van der Waals surface area contributed by atoms with E-state index in [0.29, 0.717) is 31.2 Å². The number of aliphatic hydroxyl groups is 1. The van der Waals surface area contributed by atoms with Crippen LogP contribution < -0.4 is 85.5 Å². The Morgan fingerprint density at radius 2 is 0.788 bits per heavy atom. The second-order valence-electron chi connectivity index (χ2n) is 39.6. The molecule has 0 saturated carbocycles. The third-order valence-corrected chi connectivity index (χ3v) is 22.5. The Labute approximate surface area is 781 Å². The molecule has 0 aliphatic carbocycles. The van der Waals surface area contributed by atoms with Crippen molar-refractivity contribution in [3.05, 3.63) is 108 Å². The Balaban J connectivity index is 1.64. The minimum atomic E-state index is -1.77. The molecule has 0 spiro atoms. The second-order valence-corrected chi connectivity index (χ2v) is 39.6. The van der Waals surface area contributed by atoms with Gasteiger partial charge in [-0.1, -0.05) is 234 Å². The summed E-state index contributed by atoms with van der Waals surface area (Å²) in [5.41, 5.74) is 2.06. The highest BCUT2D eigenvalue weighted by Crippen LogP contribution is 2.21. The van der Waals surface area contributed by atoms with Gasteiger partial charge in [-0.3, -0.25) is 67.1 Å². The summed E-state index contributed by atoms with van der Waals surface area (Å²) in [5, 5.41) is 53.4. The first-order valence-corrected chi connectivity index (χ1v) is 46.5. The first kappa shape index (κ1) is 115. The van der Waals surface area contributed by atoms with Crippen LogP contribution in [0, 0.1) is 47.3 Å². The van der Waals surface area contributed by atoms with Gasteiger partial charge in [0.05, 0.1) is 25.2 Å². The Morgan fingerprint density at radius 1 is 0.386 bits per heavy atom. The summed E-state index contributed by atoms with van der Waals surface area (Å²) in [5.74, 6) is -12.8. The Bertz CT molecular complexity index is 4270. The van der Waals surface area contributed by atoms with Crippen molar-refractivity contribution in [2.75, 3.05) is 19.6 Å². The lowest BCUT2D eigenvalue weighted by molar-refractivity contribution is -0.139. The lowest BCUT2D eigenvalue weighted by Crippen LogP contribution is -2.65. The molecule has 17 amide bonds. The fraction of sp³-hybridized carbons (Fsp3) is 0.649. The monoisotopic (exact) mass is 1850 g/mol. The minimum Gasteiger partial charge on any atom is -0.444 e. The quantitative estimate of drug-likeness (QED) is 0.0274. The Hall–Kier alpha value is -11.3. The average Bonchev–Trinajstić information content (AvgIpc) is 0.798. The van der Waals surface area contributed by atoms with Crippen molar-refractivity contribution >= 4 is 94.8 Å². The van der Waals surface area contributed by atoms with E-state index in [0.717, 1.165) is 30.4 Å². The summed E-state index contributed by atoms with van der Waals surface area (Å²) < 4.78 is 5.29. The van der Waals surface area contributed by atoms with E-state index in [1.165, 1.54) is 46.4 Å². The van der Waals surface area contributed by atoms with E-state index in [9.17, 15) is 81.8 Å². The van der Waals surface area contributed by atoms with Gasteiger partial charge in [0.1, 0.15) is 76.6 Å². The van der Waals surface area contributed by atoms with Crippen LogP contribution in [-0.2, 0) is 91.2 Å². The number of benzene rings is 3. The van der Waals surface area contributed by atoms with Crippen LogP contribution >= 0.6 is 0 Å². The molecule has 18 N–H and O–H groups in total. The van der Waals surface area contributed by atoms with Gasteiger partial charge in [-0.15, -0.1) is 0 Å². The smallest absolute Gasteiger partial charge is 0.408 e. The van der Waals surface area contributed by atoms with E-state index in [2.05, 4.69) is 79.8 Å². The Morgan fingerprint density at radius 3 is 1.28 bits per heavy atom. The number of carbonyl (C=O) groups excluding carboxylic acids is 16. The number of carbonyl (C=O) groups is 16. The van der Waals surface area contributed by atoms with Crippen LogP contribution in [0.3, 0.4) is 0 Å². The summed E-state index contributed by atoms with van der Waals surface area (Å²) in [6.07, 6.45) is 2.70. The molecule has 12 atom stereocenters. The van der Waals surface area contributed by atoms with Gasteiger partial charge >= 0.3 is 12.1 Å². The van der Waals surface area contributed by atoms with E-state index in [-0.39, 0.29) is 69.0 Å². The minimum absolute atomic E-state index is 0.0213. The van der Waals surface area contributed by atoms with Gasteiger partial charge in [-0.05, 0) is 152 Å². The third kappa shape index (κ3) is 40.4. The number of urea groups is 1. The molecule has 132 heavy (non-hydrogen) atoms. The molecule has 0 saturated heterocycles. The summed E-state index contributed by atoms with van der Waals surface area (Å²) in [7, 11) is 0. The molecule has 0 heterocycles. The number of hydrogen-bond donors (Lipinski definition) is 17. The molecule has 35 nitrogen and oxygen atoms in total. The molecule has 0 fully saturated rings. The number of nitrogens with zero attached hydrogens (tertiary/aromatic N) is 1. The number of ether oxygens (including phenoxy) is 1. The summed E-state index contributed by atoms with van der Waals surface area (Å²) >= 11 is 0. The predicted octanol–water partition coefficient (Wildman–Crippen LogP) is 6.35. The van der Waals surface area contributed by atoms with Gasteiger partial charge in [0.2, 0.25) is 82.7 Å². The van der Waals surface area contributed by atoms with Crippen LogP contribution in [0.1, 0.15) is 248 Å². The number of primary amides is 1. The highest BCUT2D eigenvalue weighted by Gasteiger charge is 2.43. The molecule has 3 aromatic carbocycles. The SMILES string of the molecule is CC[C@H](C)[C@H](NC(=O)[C@@H](NC(=O)[C@@H](NC(=O)C(C)(C)NC(=O)CNC(=O)[C@@H](NC(=O)OC(C)(C)C)C(C)C)C(C)C)C(C)C)C(=O)NC(C)(C)C(=O)N[C@@H](Cc1ccccc1)C(=O)N[C@H](C(=O)NC(C)(C)C(=O)NCCCCCCCCC(=O)N[C@H](C(=O)N[C@@H](Cc1ccccc1)[C@H](O)CN(Cc1ccccc1)C(=O)N[C@@H](CC(C)C)C(=O)N[C@H](C(N)=O)C(C)C)C(C)C)C(C)C. The molecule has 0 unspecified atom stereocenters. The van der Waals surface area contributed by atoms with E-state index in [1.54, 1.807) is 148 Å². The third-order valence-electron chi connectivity index (χ3n) is 22.5. The van der Waals surface area contributed by atoms with Crippen LogP contribution in [0.15, 0.2) is 91.0 Å². The molecule has 0 radical (unpaired) electrons. The fourth-order valence-electron chi connectivity index (χ4n) is 14.2. The maximum absolute atomic E-state index is 14.6. The highest BCUT2D eigenvalue weighted by molar-refractivity contribution is 6.01. The number of nitrogens with one attached hydrogen (secondary N) is 15. The summed E-state index contributed by atoms with van der Waals surface area (Å²) in [6, 6.07) is 14.9. The molecule has 0 aliphatic heterocycles. The zero-order valence-corrected chi connectivity index (χ0v) is 82.6. The van der Waals surface area contributed by atoms with Gasteiger partial charge in [0, 0.05) is 25.9 Å². The van der Waals surface area contributed by atoms with Crippen molar-refractivity contribution in [2.45, 2.75) is 339 Å². The number of amides is 17. The van der Waals surface area contributed by atoms with Gasteiger partial charge in [-0.2, -0.15) is 0 Å². The molecule has 0 aromatic heterocycles. The number of nitrogens with two attached hydrogens (primary N) is 1.